The average Bonchev–Trinajstić information content (AvgIpc) is 2.82. The summed E-state index contributed by atoms with van der Waals surface area (Å²) in [5.41, 5.74) is 5.44. The second-order valence-corrected chi connectivity index (χ2v) is 7.49. The molecule has 0 aromatic heterocycles. The molecule has 0 radical (unpaired) electrons. The van der Waals surface area contributed by atoms with E-state index in [0.717, 1.165) is 12.8 Å². The number of nitrogens with two attached hydrogens (primary N) is 1. The van der Waals surface area contributed by atoms with Crippen LogP contribution in [0.25, 0.3) is 0 Å². The molecule has 2 aliphatic rings. The molecule has 0 saturated heterocycles. The van der Waals surface area contributed by atoms with E-state index < -0.39 is 11.8 Å². The molecule has 5 nitrogen and oxygen atoms in total. The summed E-state index contributed by atoms with van der Waals surface area (Å²) in [6, 6.07) is 0.0387. The molecule has 2 aliphatic carbocycles. The van der Waals surface area contributed by atoms with Gasteiger partial charge in [-0.1, -0.05) is 33.0 Å². The molecule has 3 atom stereocenters. The van der Waals surface area contributed by atoms with Gasteiger partial charge in [0.15, 0.2) is 0 Å². The van der Waals surface area contributed by atoms with Crippen LogP contribution in [-0.4, -0.2) is 29.4 Å². The summed E-state index contributed by atoms with van der Waals surface area (Å²) in [5, 5.41) is 5.35. The third-order valence-corrected chi connectivity index (χ3v) is 5.32. The highest BCUT2D eigenvalue weighted by Gasteiger charge is 2.59. The first-order valence-electron chi connectivity index (χ1n) is 7.04. The minimum atomic E-state index is -0.667. The molecule has 0 aromatic rings. The SMILES string of the molecule is CC12CCC(C1)C(C)(C)C2NC(=O)C(=O)NCC(N)=S. The molecule has 2 rings (SSSR count). The fourth-order valence-electron chi connectivity index (χ4n) is 4.11. The van der Waals surface area contributed by atoms with Crippen molar-refractivity contribution in [1.29, 1.82) is 0 Å². The van der Waals surface area contributed by atoms with Gasteiger partial charge < -0.3 is 16.4 Å². The Morgan fingerprint density at radius 1 is 1.30 bits per heavy atom. The van der Waals surface area contributed by atoms with Crippen molar-refractivity contribution in [2.24, 2.45) is 22.5 Å². The first-order chi connectivity index (χ1) is 9.17. The molecule has 0 spiro atoms. The van der Waals surface area contributed by atoms with Gasteiger partial charge in [0, 0.05) is 6.04 Å². The minimum absolute atomic E-state index is 0.0338. The quantitative estimate of drug-likeness (QED) is 0.529. The summed E-state index contributed by atoms with van der Waals surface area (Å²) < 4.78 is 0. The molecule has 6 heteroatoms. The lowest BCUT2D eigenvalue weighted by molar-refractivity contribution is -0.140. The van der Waals surface area contributed by atoms with Gasteiger partial charge >= 0.3 is 11.8 Å². The van der Waals surface area contributed by atoms with Crippen LogP contribution in [0.3, 0.4) is 0 Å². The van der Waals surface area contributed by atoms with Gasteiger partial charge in [-0.05, 0) is 36.0 Å². The normalized spacial score (nSPS) is 33.8. The highest BCUT2D eigenvalue weighted by atomic mass is 32.1. The van der Waals surface area contributed by atoms with Crippen molar-refractivity contribution in [3.8, 4) is 0 Å². The fraction of sp³-hybridized carbons (Fsp3) is 0.786. The van der Waals surface area contributed by atoms with Gasteiger partial charge in [0.25, 0.3) is 0 Å². The van der Waals surface area contributed by atoms with E-state index in [-0.39, 0.29) is 28.4 Å². The van der Waals surface area contributed by atoms with E-state index >= 15 is 0 Å². The average molecular weight is 297 g/mol. The van der Waals surface area contributed by atoms with E-state index in [1.54, 1.807) is 0 Å². The number of fused-ring (bicyclic) bond motifs is 2. The van der Waals surface area contributed by atoms with Crippen LogP contribution in [-0.2, 0) is 9.59 Å². The molecule has 0 aliphatic heterocycles. The van der Waals surface area contributed by atoms with E-state index in [0.29, 0.717) is 5.92 Å². The Morgan fingerprint density at radius 2 is 1.95 bits per heavy atom. The van der Waals surface area contributed by atoms with E-state index in [2.05, 4.69) is 43.6 Å². The van der Waals surface area contributed by atoms with E-state index in [1.807, 2.05) is 0 Å². The number of carbonyl (C=O) groups excluding carboxylic acids is 2. The predicted octanol–water partition coefficient (Wildman–Crippen LogP) is 0.720. The standard InChI is InChI=1S/C14H23N3O2S/c1-13(2)8-4-5-14(3,6-8)12(13)17-11(19)10(18)16-7-9(15)20/h8,12H,4-7H2,1-3H3,(H2,15,20)(H,16,18)(H,17,19). The molecule has 20 heavy (non-hydrogen) atoms. The maximum absolute atomic E-state index is 12.0. The third-order valence-electron chi connectivity index (χ3n) is 5.17. The largest absolute Gasteiger partial charge is 0.392 e. The zero-order valence-corrected chi connectivity index (χ0v) is 13.1. The lowest BCUT2D eigenvalue weighted by Crippen LogP contribution is -2.55. The fourth-order valence-corrected chi connectivity index (χ4v) is 4.18. The van der Waals surface area contributed by atoms with Crippen LogP contribution in [0.15, 0.2) is 0 Å². The first-order valence-corrected chi connectivity index (χ1v) is 7.44. The molecule has 2 bridgehead atoms. The third kappa shape index (κ3) is 2.53. The lowest BCUT2D eigenvalue weighted by Gasteiger charge is -2.42. The van der Waals surface area contributed by atoms with Crippen LogP contribution in [0.1, 0.15) is 40.0 Å². The monoisotopic (exact) mass is 297 g/mol. The highest BCUT2D eigenvalue weighted by Crippen LogP contribution is 2.62. The van der Waals surface area contributed by atoms with Crippen molar-refractivity contribution in [2.75, 3.05) is 6.54 Å². The predicted molar refractivity (Wildman–Crippen MR) is 81.0 cm³/mol. The van der Waals surface area contributed by atoms with Gasteiger partial charge in [-0.2, -0.15) is 0 Å². The Labute approximate surface area is 125 Å². The van der Waals surface area contributed by atoms with Gasteiger partial charge in [0.05, 0.1) is 11.5 Å². The maximum Gasteiger partial charge on any atom is 0.309 e. The van der Waals surface area contributed by atoms with Gasteiger partial charge in [0.2, 0.25) is 0 Å². The first kappa shape index (κ1) is 15.2. The van der Waals surface area contributed by atoms with Gasteiger partial charge in [-0.3, -0.25) is 9.59 Å². The molecular weight excluding hydrogens is 274 g/mol. The second kappa shape index (κ2) is 4.98. The van der Waals surface area contributed by atoms with Crippen LogP contribution in [0.2, 0.25) is 0 Å². The van der Waals surface area contributed by atoms with Crippen molar-refractivity contribution < 1.29 is 9.59 Å². The number of rotatable bonds is 3. The number of hydrogen-bond donors (Lipinski definition) is 3. The Morgan fingerprint density at radius 3 is 2.45 bits per heavy atom. The summed E-state index contributed by atoms with van der Waals surface area (Å²) in [5.74, 6) is -0.634. The van der Waals surface area contributed by atoms with Crippen molar-refractivity contribution >= 4 is 29.0 Å². The van der Waals surface area contributed by atoms with Crippen LogP contribution in [0.4, 0.5) is 0 Å². The molecule has 3 unspecified atom stereocenters. The summed E-state index contributed by atoms with van der Waals surface area (Å²) >= 11 is 4.67. The zero-order valence-electron chi connectivity index (χ0n) is 12.3. The molecule has 112 valence electrons. The molecule has 4 N–H and O–H groups in total. The molecule has 0 aromatic carbocycles. The van der Waals surface area contributed by atoms with Crippen molar-refractivity contribution in [3.63, 3.8) is 0 Å². The zero-order chi connectivity index (χ0) is 15.1. The maximum atomic E-state index is 12.0. The van der Waals surface area contributed by atoms with Crippen LogP contribution in [0.5, 0.6) is 0 Å². The molecule has 2 fully saturated rings. The van der Waals surface area contributed by atoms with Crippen LogP contribution >= 0.6 is 12.2 Å². The van der Waals surface area contributed by atoms with Gasteiger partial charge in [0.1, 0.15) is 0 Å². The second-order valence-electron chi connectivity index (χ2n) is 6.97. The van der Waals surface area contributed by atoms with Gasteiger partial charge in [-0.15, -0.1) is 0 Å². The van der Waals surface area contributed by atoms with Crippen LogP contribution in [0, 0.1) is 16.7 Å². The summed E-state index contributed by atoms with van der Waals surface area (Å²) in [4.78, 5) is 23.9. The summed E-state index contributed by atoms with van der Waals surface area (Å²) in [7, 11) is 0. The Balaban J connectivity index is 2.01. The van der Waals surface area contributed by atoms with Crippen LogP contribution < -0.4 is 16.4 Å². The summed E-state index contributed by atoms with van der Waals surface area (Å²) in [6.45, 7) is 6.62. The molecule has 2 saturated carbocycles. The molecule has 2 amide bonds. The Kier molecular flexibility index (Phi) is 3.79. The molecule has 0 heterocycles. The van der Waals surface area contributed by atoms with Crippen molar-refractivity contribution in [2.45, 2.75) is 46.1 Å². The van der Waals surface area contributed by atoms with Crippen molar-refractivity contribution in [1.82, 2.24) is 10.6 Å². The number of hydrogen-bond acceptors (Lipinski definition) is 3. The van der Waals surface area contributed by atoms with Crippen molar-refractivity contribution in [3.05, 3.63) is 0 Å². The topological polar surface area (TPSA) is 84.2 Å². The number of amides is 2. The summed E-state index contributed by atoms with van der Waals surface area (Å²) in [6.07, 6.45) is 3.45. The Hall–Kier alpha value is -1.17. The minimum Gasteiger partial charge on any atom is -0.392 e. The highest BCUT2D eigenvalue weighted by molar-refractivity contribution is 7.80. The van der Waals surface area contributed by atoms with E-state index in [9.17, 15) is 9.59 Å². The van der Waals surface area contributed by atoms with Gasteiger partial charge in [-0.25, -0.2) is 0 Å². The number of carbonyl (C=O) groups is 2. The van der Waals surface area contributed by atoms with E-state index in [1.165, 1.54) is 6.42 Å². The lowest BCUT2D eigenvalue weighted by atomic mass is 9.68. The Bertz CT molecular complexity index is 459. The van der Waals surface area contributed by atoms with E-state index in [4.69, 9.17) is 5.73 Å². The molecular formula is C14H23N3O2S. The number of nitrogens with one attached hydrogen (secondary N) is 2. The smallest absolute Gasteiger partial charge is 0.309 e. The number of thiocarbonyl (C=S) groups is 1.